The molecule has 1 aromatic rings. The smallest absolute Gasteiger partial charge is 0.228 e. The van der Waals surface area contributed by atoms with Crippen molar-refractivity contribution in [1.29, 1.82) is 0 Å². The van der Waals surface area contributed by atoms with Crippen LogP contribution in [0.3, 0.4) is 0 Å². The zero-order valence-electron chi connectivity index (χ0n) is 7.65. The fraction of sp³-hybridized carbons (Fsp3) is 0.300. The van der Waals surface area contributed by atoms with Gasteiger partial charge in [-0.15, -0.1) is 0 Å². The predicted molar refractivity (Wildman–Crippen MR) is 48.4 cm³/mol. The van der Waals surface area contributed by atoms with E-state index in [4.69, 9.17) is 0 Å². The van der Waals surface area contributed by atoms with Crippen molar-refractivity contribution in [3.05, 3.63) is 30.1 Å². The van der Waals surface area contributed by atoms with Crippen LogP contribution in [0.5, 0.6) is 0 Å². The van der Waals surface area contributed by atoms with Gasteiger partial charge in [0.15, 0.2) is 0 Å². The van der Waals surface area contributed by atoms with Gasteiger partial charge < -0.3 is 0 Å². The summed E-state index contributed by atoms with van der Waals surface area (Å²) >= 11 is 0. The molecule has 3 heteroatoms. The van der Waals surface area contributed by atoms with Crippen LogP contribution >= 0.6 is 0 Å². The molecule has 0 spiro atoms. The third kappa shape index (κ3) is 2.21. The summed E-state index contributed by atoms with van der Waals surface area (Å²) in [5.74, 6) is -1.04. The third-order valence-corrected chi connectivity index (χ3v) is 1.69. The summed E-state index contributed by atoms with van der Waals surface area (Å²) in [5.41, 5.74) is 0.411. The Labute approximate surface area is 76.8 Å². The molecule has 0 aliphatic carbocycles. The van der Waals surface area contributed by atoms with E-state index in [1.54, 1.807) is 26.0 Å². The normalized spacial score (nSPS) is 10.1. The van der Waals surface area contributed by atoms with Crippen LogP contribution in [0.15, 0.2) is 24.5 Å². The summed E-state index contributed by atoms with van der Waals surface area (Å²) in [4.78, 5) is 26.5. The largest absolute Gasteiger partial charge is 0.290 e. The number of nitrogens with zero attached hydrogens (tertiary/aromatic N) is 1. The fourth-order valence-corrected chi connectivity index (χ4v) is 0.908. The van der Waals surface area contributed by atoms with Crippen LogP contribution in [0.2, 0.25) is 0 Å². The maximum atomic E-state index is 11.4. The summed E-state index contributed by atoms with van der Waals surface area (Å²) in [5, 5.41) is 0. The van der Waals surface area contributed by atoms with Gasteiger partial charge >= 0.3 is 0 Å². The maximum Gasteiger partial charge on any atom is 0.228 e. The Kier molecular flexibility index (Phi) is 2.90. The molecule has 0 N–H and O–H groups in total. The summed E-state index contributed by atoms with van der Waals surface area (Å²) in [6, 6.07) is 3.09. The van der Waals surface area contributed by atoms with Crippen molar-refractivity contribution < 1.29 is 9.59 Å². The highest BCUT2D eigenvalue weighted by molar-refractivity contribution is 6.44. The number of hydrogen-bond acceptors (Lipinski definition) is 3. The van der Waals surface area contributed by atoms with Crippen molar-refractivity contribution in [2.75, 3.05) is 0 Å². The summed E-state index contributed by atoms with van der Waals surface area (Å²) in [6.07, 6.45) is 3.00. The van der Waals surface area contributed by atoms with E-state index in [0.717, 1.165) is 0 Å². The molecule has 0 unspecified atom stereocenters. The third-order valence-electron chi connectivity index (χ3n) is 1.69. The topological polar surface area (TPSA) is 47.0 Å². The summed E-state index contributed by atoms with van der Waals surface area (Å²) < 4.78 is 0. The molecule has 1 heterocycles. The Bertz CT molecular complexity index is 317. The standard InChI is InChI=1S/C10H11NO2/c1-7(2)9(12)10(13)8-3-5-11-6-4-8/h3-7H,1-2H3. The van der Waals surface area contributed by atoms with Gasteiger partial charge in [-0.3, -0.25) is 14.6 Å². The predicted octanol–water partition coefficient (Wildman–Crippen LogP) is 1.49. The second kappa shape index (κ2) is 3.94. The molecule has 13 heavy (non-hydrogen) atoms. The molecule has 0 aromatic carbocycles. The van der Waals surface area contributed by atoms with Gasteiger partial charge in [0.25, 0.3) is 0 Å². The van der Waals surface area contributed by atoms with Crippen molar-refractivity contribution in [1.82, 2.24) is 4.98 Å². The lowest BCUT2D eigenvalue weighted by Crippen LogP contribution is -2.19. The minimum atomic E-state index is -0.433. The van der Waals surface area contributed by atoms with Crippen molar-refractivity contribution in [3.8, 4) is 0 Å². The van der Waals surface area contributed by atoms with E-state index < -0.39 is 5.78 Å². The second-order valence-corrected chi connectivity index (χ2v) is 3.08. The molecule has 1 aromatic heterocycles. The average molecular weight is 177 g/mol. The Morgan fingerprint density at radius 2 is 1.77 bits per heavy atom. The zero-order valence-corrected chi connectivity index (χ0v) is 7.65. The molecule has 0 atom stereocenters. The van der Waals surface area contributed by atoms with Gasteiger partial charge in [-0.25, -0.2) is 0 Å². The molecule has 1 rings (SSSR count). The first-order valence-electron chi connectivity index (χ1n) is 4.11. The SMILES string of the molecule is CC(C)C(=O)C(=O)c1ccncc1. The van der Waals surface area contributed by atoms with Crippen LogP contribution in [0, 0.1) is 5.92 Å². The molecule has 0 bridgehead atoms. The number of rotatable bonds is 3. The summed E-state index contributed by atoms with van der Waals surface area (Å²) in [6.45, 7) is 3.42. The van der Waals surface area contributed by atoms with Gasteiger partial charge in [-0.1, -0.05) is 13.8 Å². The molecule has 0 saturated carbocycles. The van der Waals surface area contributed by atoms with Gasteiger partial charge in [0.1, 0.15) is 0 Å². The quantitative estimate of drug-likeness (QED) is 0.519. The van der Waals surface area contributed by atoms with Crippen molar-refractivity contribution in [2.45, 2.75) is 13.8 Å². The number of carbonyl (C=O) groups is 2. The molecule has 0 saturated heterocycles. The lowest BCUT2D eigenvalue weighted by Gasteiger charge is -2.01. The van der Waals surface area contributed by atoms with E-state index in [9.17, 15) is 9.59 Å². The molecule has 0 aliphatic heterocycles. The Morgan fingerprint density at radius 3 is 2.23 bits per heavy atom. The van der Waals surface area contributed by atoms with Crippen LogP contribution in [-0.4, -0.2) is 16.6 Å². The molecule has 0 radical (unpaired) electrons. The highest BCUT2D eigenvalue weighted by atomic mass is 16.2. The van der Waals surface area contributed by atoms with Gasteiger partial charge in [-0.05, 0) is 12.1 Å². The van der Waals surface area contributed by atoms with Crippen molar-refractivity contribution in [2.24, 2.45) is 5.92 Å². The number of ketones is 2. The fourth-order valence-electron chi connectivity index (χ4n) is 0.908. The zero-order chi connectivity index (χ0) is 9.84. The molecule has 0 aliphatic rings. The number of carbonyl (C=O) groups excluding carboxylic acids is 2. The van der Waals surface area contributed by atoms with E-state index in [0.29, 0.717) is 5.56 Å². The molecule has 0 fully saturated rings. The first-order chi connectivity index (χ1) is 6.13. The maximum absolute atomic E-state index is 11.4. The molecular weight excluding hydrogens is 166 g/mol. The highest BCUT2D eigenvalue weighted by Gasteiger charge is 2.18. The Balaban J connectivity index is 2.87. The minimum absolute atomic E-state index is 0.249. The number of aromatic nitrogens is 1. The van der Waals surface area contributed by atoms with Gasteiger partial charge in [0.05, 0.1) is 0 Å². The molecular formula is C10H11NO2. The first kappa shape index (κ1) is 9.58. The Morgan fingerprint density at radius 1 is 1.23 bits per heavy atom. The molecule has 3 nitrogen and oxygen atoms in total. The van der Waals surface area contributed by atoms with Crippen molar-refractivity contribution >= 4 is 11.6 Å². The molecule has 0 amide bonds. The number of hydrogen-bond donors (Lipinski definition) is 0. The van der Waals surface area contributed by atoms with Gasteiger partial charge in [-0.2, -0.15) is 0 Å². The summed E-state index contributed by atoms with van der Waals surface area (Å²) in [7, 11) is 0. The minimum Gasteiger partial charge on any atom is -0.290 e. The average Bonchev–Trinajstić information content (AvgIpc) is 2.17. The highest BCUT2D eigenvalue weighted by Crippen LogP contribution is 2.04. The van der Waals surface area contributed by atoms with E-state index >= 15 is 0 Å². The number of pyridine rings is 1. The second-order valence-electron chi connectivity index (χ2n) is 3.08. The number of Topliss-reactive ketones (excluding diaryl/α,β-unsaturated/α-hetero) is 2. The van der Waals surface area contributed by atoms with Crippen LogP contribution < -0.4 is 0 Å². The van der Waals surface area contributed by atoms with E-state index in [1.165, 1.54) is 12.4 Å². The van der Waals surface area contributed by atoms with Gasteiger partial charge in [0, 0.05) is 23.9 Å². The van der Waals surface area contributed by atoms with Crippen LogP contribution in [0.1, 0.15) is 24.2 Å². The van der Waals surface area contributed by atoms with E-state index in [-0.39, 0.29) is 11.7 Å². The van der Waals surface area contributed by atoms with Crippen LogP contribution in [-0.2, 0) is 4.79 Å². The van der Waals surface area contributed by atoms with E-state index in [1.807, 2.05) is 0 Å². The first-order valence-corrected chi connectivity index (χ1v) is 4.11. The monoisotopic (exact) mass is 177 g/mol. The molecule has 68 valence electrons. The lowest BCUT2D eigenvalue weighted by atomic mass is 10.0. The lowest BCUT2D eigenvalue weighted by molar-refractivity contribution is -0.117. The van der Waals surface area contributed by atoms with Gasteiger partial charge in [0.2, 0.25) is 11.6 Å². The van der Waals surface area contributed by atoms with Crippen LogP contribution in [0.25, 0.3) is 0 Å². The van der Waals surface area contributed by atoms with E-state index in [2.05, 4.69) is 4.98 Å². The Hall–Kier alpha value is -1.51. The van der Waals surface area contributed by atoms with Crippen molar-refractivity contribution in [3.63, 3.8) is 0 Å². The van der Waals surface area contributed by atoms with Crippen LogP contribution in [0.4, 0.5) is 0 Å².